The molecule has 2 aliphatic rings. The number of benzene rings is 1. The maximum Gasteiger partial charge on any atom is 0.416 e. The molecule has 0 aromatic heterocycles. The maximum atomic E-state index is 13.0. The summed E-state index contributed by atoms with van der Waals surface area (Å²) < 4.78 is 65.0. The lowest BCUT2D eigenvalue weighted by Crippen LogP contribution is -2.50. The Balaban J connectivity index is 1.59. The number of nitrogens with zero attached hydrogens (tertiary/aromatic N) is 3. The first-order valence-electron chi connectivity index (χ1n) is 9.90. The van der Waals surface area contributed by atoms with Crippen LogP contribution < -0.4 is 0 Å². The molecule has 1 unspecified atom stereocenters. The monoisotopic (exact) mass is 465 g/mol. The Kier molecular flexibility index (Phi) is 7.36. The second-order valence-electron chi connectivity index (χ2n) is 7.43. The van der Waals surface area contributed by atoms with E-state index >= 15 is 0 Å². The number of carbonyl (C=O) groups excluding carboxylic acids is 1. The number of thioether (sulfide) groups is 1. The fourth-order valence-corrected chi connectivity index (χ4v) is 6.41. The van der Waals surface area contributed by atoms with Crippen LogP contribution in [0.1, 0.15) is 29.8 Å². The molecule has 2 saturated heterocycles. The van der Waals surface area contributed by atoms with Gasteiger partial charge in [0.1, 0.15) is 5.37 Å². The summed E-state index contributed by atoms with van der Waals surface area (Å²) in [6, 6.07) is 5.13. The number of rotatable bonds is 7. The number of amides is 1. The first-order chi connectivity index (χ1) is 14.1. The SMILES string of the molecule is CCCS(=O)(=O)N1CCN(CCN2C(=O)CSC2c2cccc(C(F)(F)F)c2)CC1. The van der Waals surface area contributed by atoms with Crippen LogP contribution in [0.15, 0.2) is 24.3 Å². The van der Waals surface area contributed by atoms with Gasteiger partial charge in [-0.2, -0.15) is 17.5 Å². The topological polar surface area (TPSA) is 60.9 Å². The third-order valence-electron chi connectivity index (χ3n) is 5.31. The fourth-order valence-electron chi connectivity index (χ4n) is 3.71. The van der Waals surface area contributed by atoms with Crippen molar-refractivity contribution >= 4 is 27.7 Å². The van der Waals surface area contributed by atoms with E-state index in [4.69, 9.17) is 0 Å². The van der Waals surface area contributed by atoms with Crippen molar-refractivity contribution in [2.45, 2.75) is 24.9 Å². The molecular weight excluding hydrogens is 439 g/mol. The van der Waals surface area contributed by atoms with Crippen molar-refractivity contribution in [3.8, 4) is 0 Å². The van der Waals surface area contributed by atoms with Crippen molar-refractivity contribution in [1.29, 1.82) is 0 Å². The standard InChI is InChI=1S/C19H26F3N3O3S2/c1-2-12-30(27,28)24-9-6-23(7-10-24)8-11-25-17(26)14-29-18(25)15-4-3-5-16(13-15)19(20,21)22/h3-5,13,18H,2,6-12,14H2,1H3. The van der Waals surface area contributed by atoms with Gasteiger partial charge >= 0.3 is 6.18 Å². The number of piperazine rings is 1. The number of halogens is 3. The molecule has 0 N–H and O–H groups in total. The van der Waals surface area contributed by atoms with Crippen LogP contribution in [0.2, 0.25) is 0 Å². The summed E-state index contributed by atoms with van der Waals surface area (Å²) in [7, 11) is -3.21. The summed E-state index contributed by atoms with van der Waals surface area (Å²) in [5.41, 5.74) is -0.250. The van der Waals surface area contributed by atoms with E-state index in [1.165, 1.54) is 22.1 Å². The van der Waals surface area contributed by atoms with E-state index < -0.39 is 27.1 Å². The first-order valence-corrected chi connectivity index (χ1v) is 12.6. The predicted molar refractivity (Wildman–Crippen MR) is 110 cm³/mol. The van der Waals surface area contributed by atoms with Crippen LogP contribution in [0.5, 0.6) is 0 Å². The highest BCUT2D eigenvalue weighted by molar-refractivity contribution is 8.00. The molecule has 1 atom stereocenters. The van der Waals surface area contributed by atoms with Gasteiger partial charge in [0.15, 0.2) is 0 Å². The van der Waals surface area contributed by atoms with Crippen LogP contribution in [0.3, 0.4) is 0 Å². The van der Waals surface area contributed by atoms with Crippen LogP contribution in [-0.4, -0.2) is 79.2 Å². The molecule has 2 aliphatic heterocycles. The van der Waals surface area contributed by atoms with Gasteiger partial charge in [-0.05, 0) is 24.1 Å². The molecule has 0 radical (unpaired) electrons. The van der Waals surface area contributed by atoms with Crippen LogP contribution in [-0.2, 0) is 21.0 Å². The molecule has 3 rings (SSSR count). The summed E-state index contributed by atoms with van der Waals surface area (Å²) in [5, 5.41) is -0.439. The Bertz CT molecular complexity index is 856. The van der Waals surface area contributed by atoms with Crippen molar-refractivity contribution in [2.75, 3.05) is 50.8 Å². The molecule has 1 aromatic rings. The van der Waals surface area contributed by atoms with Gasteiger partial charge in [0.05, 0.1) is 17.1 Å². The summed E-state index contributed by atoms with van der Waals surface area (Å²) in [6.07, 6.45) is -3.85. The van der Waals surface area contributed by atoms with E-state index in [9.17, 15) is 26.4 Å². The van der Waals surface area contributed by atoms with E-state index in [-0.39, 0.29) is 17.4 Å². The lowest BCUT2D eigenvalue weighted by Gasteiger charge is -2.35. The summed E-state index contributed by atoms with van der Waals surface area (Å²) >= 11 is 1.33. The zero-order valence-corrected chi connectivity index (χ0v) is 18.4. The molecule has 1 amide bonds. The van der Waals surface area contributed by atoms with Crippen molar-refractivity contribution in [2.24, 2.45) is 0 Å². The first kappa shape index (κ1) is 23.4. The fraction of sp³-hybridized carbons (Fsp3) is 0.632. The maximum absolute atomic E-state index is 13.0. The molecule has 1 aromatic carbocycles. The van der Waals surface area contributed by atoms with Crippen molar-refractivity contribution < 1.29 is 26.4 Å². The largest absolute Gasteiger partial charge is 0.416 e. The summed E-state index contributed by atoms with van der Waals surface area (Å²) in [6.45, 7) is 4.78. The van der Waals surface area contributed by atoms with Gasteiger partial charge in [-0.15, -0.1) is 11.8 Å². The second-order valence-corrected chi connectivity index (χ2v) is 10.6. The minimum Gasteiger partial charge on any atom is -0.325 e. The third-order valence-corrected chi connectivity index (χ3v) is 8.64. The molecule has 0 bridgehead atoms. The van der Waals surface area contributed by atoms with Crippen molar-refractivity contribution in [3.05, 3.63) is 35.4 Å². The van der Waals surface area contributed by atoms with Crippen LogP contribution in [0.25, 0.3) is 0 Å². The molecular formula is C19H26F3N3O3S2. The Labute approximate surface area is 179 Å². The highest BCUT2D eigenvalue weighted by atomic mass is 32.2. The molecule has 2 heterocycles. The van der Waals surface area contributed by atoms with E-state index in [0.717, 1.165) is 12.1 Å². The van der Waals surface area contributed by atoms with E-state index in [0.29, 0.717) is 51.3 Å². The summed E-state index contributed by atoms with van der Waals surface area (Å²) in [4.78, 5) is 16.1. The van der Waals surface area contributed by atoms with Gasteiger partial charge in [0, 0.05) is 39.3 Å². The quantitative estimate of drug-likeness (QED) is 0.620. The zero-order chi connectivity index (χ0) is 21.9. The Morgan fingerprint density at radius 3 is 2.47 bits per heavy atom. The molecule has 30 heavy (non-hydrogen) atoms. The van der Waals surface area contributed by atoms with Gasteiger partial charge in [-0.1, -0.05) is 19.1 Å². The van der Waals surface area contributed by atoms with Crippen molar-refractivity contribution in [1.82, 2.24) is 14.1 Å². The van der Waals surface area contributed by atoms with Gasteiger partial charge in [-0.25, -0.2) is 8.42 Å². The number of alkyl halides is 3. The van der Waals surface area contributed by atoms with Gasteiger partial charge in [0.2, 0.25) is 15.9 Å². The molecule has 168 valence electrons. The normalized spacial score (nSPS) is 22.1. The number of sulfonamides is 1. The van der Waals surface area contributed by atoms with E-state index in [1.54, 1.807) is 11.0 Å². The molecule has 0 spiro atoms. The lowest BCUT2D eigenvalue weighted by molar-refractivity contribution is -0.137. The summed E-state index contributed by atoms with van der Waals surface area (Å²) in [5.74, 6) is 0.293. The number of carbonyl (C=O) groups is 1. The molecule has 11 heteroatoms. The van der Waals surface area contributed by atoms with Crippen LogP contribution in [0.4, 0.5) is 13.2 Å². The molecule has 0 aliphatic carbocycles. The third kappa shape index (κ3) is 5.49. The second kappa shape index (κ2) is 9.46. The average Bonchev–Trinajstić information content (AvgIpc) is 3.06. The zero-order valence-electron chi connectivity index (χ0n) is 16.8. The van der Waals surface area contributed by atoms with Crippen LogP contribution in [0, 0.1) is 0 Å². The number of hydrogen-bond acceptors (Lipinski definition) is 5. The Morgan fingerprint density at radius 1 is 1.13 bits per heavy atom. The highest BCUT2D eigenvalue weighted by Crippen LogP contribution is 2.40. The number of hydrogen-bond donors (Lipinski definition) is 0. The van der Waals surface area contributed by atoms with Crippen LogP contribution >= 0.6 is 11.8 Å². The smallest absolute Gasteiger partial charge is 0.325 e. The predicted octanol–water partition coefficient (Wildman–Crippen LogP) is 2.64. The highest BCUT2D eigenvalue weighted by Gasteiger charge is 2.36. The minimum atomic E-state index is -4.42. The lowest BCUT2D eigenvalue weighted by atomic mass is 10.1. The van der Waals surface area contributed by atoms with Gasteiger partial charge in [-0.3, -0.25) is 9.69 Å². The Hall–Kier alpha value is -1.30. The van der Waals surface area contributed by atoms with Gasteiger partial charge in [0.25, 0.3) is 0 Å². The average molecular weight is 466 g/mol. The molecule has 2 fully saturated rings. The molecule has 6 nitrogen and oxygen atoms in total. The van der Waals surface area contributed by atoms with Gasteiger partial charge < -0.3 is 4.90 Å². The van der Waals surface area contributed by atoms with E-state index in [1.807, 2.05) is 6.92 Å². The van der Waals surface area contributed by atoms with Crippen molar-refractivity contribution in [3.63, 3.8) is 0 Å². The minimum absolute atomic E-state index is 0.0911. The Morgan fingerprint density at radius 2 is 1.83 bits per heavy atom. The molecule has 0 saturated carbocycles. The van der Waals surface area contributed by atoms with E-state index in [2.05, 4.69) is 4.90 Å².